The van der Waals surface area contributed by atoms with Gasteiger partial charge in [0, 0.05) is 16.8 Å². The Labute approximate surface area is 73.9 Å². The fraction of sp³-hybridized carbons (Fsp3) is 0.778. The molecule has 0 heterocycles. The fourth-order valence-corrected chi connectivity index (χ4v) is 1.55. The summed E-state index contributed by atoms with van der Waals surface area (Å²) in [5.41, 5.74) is 1.56. The molecule has 11 heavy (non-hydrogen) atoms. The van der Waals surface area contributed by atoms with Crippen molar-refractivity contribution in [3.63, 3.8) is 0 Å². The molecular weight excluding hydrogens is 150 g/mol. The second-order valence-corrected chi connectivity index (χ2v) is 6.80. The number of nitrogens with zero attached hydrogens (tertiary/aromatic N) is 1. The van der Waals surface area contributed by atoms with Gasteiger partial charge in [-0.3, -0.25) is 0 Å². The van der Waals surface area contributed by atoms with Gasteiger partial charge in [-0.1, -0.05) is 25.5 Å². The molecule has 0 saturated carbocycles. The molecule has 0 aromatic carbocycles. The first-order valence-corrected chi connectivity index (χ1v) is 5.18. The first-order chi connectivity index (χ1) is 4.88. The zero-order chi connectivity index (χ0) is 9.07. The molecule has 0 aliphatic heterocycles. The van der Waals surface area contributed by atoms with Crippen molar-refractivity contribution < 1.29 is 0 Å². The molecule has 0 amide bonds. The Morgan fingerprint density at radius 2 is 1.91 bits per heavy atom. The quantitative estimate of drug-likeness (QED) is 0.453. The number of likely N-dealkylation sites (N-methyl/N-ethyl adjacent to an activating group) is 1. The topological polar surface area (TPSA) is 3.24 Å². The Bertz CT molecular complexity index is 142. The Kier molecular flexibility index (Phi) is 4.04. The SMILES string of the molecule is CC=C(CN(C)C)C(C)(C)[SiH3]. The highest BCUT2D eigenvalue weighted by molar-refractivity contribution is 6.16. The molecule has 0 atom stereocenters. The van der Waals surface area contributed by atoms with E-state index in [-0.39, 0.29) is 0 Å². The molecule has 0 spiro atoms. The van der Waals surface area contributed by atoms with Gasteiger partial charge < -0.3 is 4.90 Å². The van der Waals surface area contributed by atoms with Crippen LogP contribution in [0.2, 0.25) is 5.04 Å². The highest BCUT2D eigenvalue weighted by Crippen LogP contribution is 2.29. The molecule has 1 nitrogen and oxygen atoms in total. The third-order valence-electron chi connectivity index (χ3n) is 1.80. The molecule has 0 saturated heterocycles. The van der Waals surface area contributed by atoms with E-state index in [2.05, 4.69) is 45.8 Å². The van der Waals surface area contributed by atoms with Gasteiger partial charge in [0.15, 0.2) is 0 Å². The summed E-state index contributed by atoms with van der Waals surface area (Å²) in [6, 6.07) is 0. The van der Waals surface area contributed by atoms with Crippen LogP contribution in [0, 0.1) is 0 Å². The Morgan fingerprint density at radius 1 is 1.45 bits per heavy atom. The lowest BCUT2D eigenvalue weighted by molar-refractivity contribution is 0.430. The average Bonchev–Trinajstić information content (AvgIpc) is 1.79. The predicted octanol–water partition coefficient (Wildman–Crippen LogP) is 1.06. The molecule has 0 rings (SSSR count). The van der Waals surface area contributed by atoms with Crippen LogP contribution in [-0.2, 0) is 0 Å². The minimum Gasteiger partial charge on any atom is -0.305 e. The standard InChI is InChI=1S/C9H21NSi/c1-6-8(7-10(4)5)9(2,3)11/h6H,7H2,1-5,11H3. The Morgan fingerprint density at radius 3 is 2.00 bits per heavy atom. The van der Waals surface area contributed by atoms with E-state index >= 15 is 0 Å². The molecule has 0 radical (unpaired) electrons. The van der Waals surface area contributed by atoms with E-state index in [9.17, 15) is 0 Å². The van der Waals surface area contributed by atoms with E-state index in [1.54, 1.807) is 5.57 Å². The van der Waals surface area contributed by atoms with E-state index < -0.39 is 0 Å². The van der Waals surface area contributed by atoms with Crippen molar-refractivity contribution in [3.8, 4) is 0 Å². The third-order valence-corrected chi connectivity index (χ3v) is 2.44. The fourth-order valence-electron chi connectivity index (χ4n) is 1.10. The largest absolute Gasteiger partial charge is 0.305 e. The number of rotatable bonds is 3. The van der Waals surface area contributed by atoms with Crippen LogP contribution in [0.3, 0.4) is 0 Å². The molecular formula is C9H21NSi. The lowest BCUT2D eigenvalue weighted by atomic mass is 10.0. The van der Waals surface area contributed by atoms with Crippen molar-refractivity contribution in [2.24, 2.45) is 0 Å². The van der Waals surface area contributed by atoms with Gasteiger partial charge in [-0.15, -0.1) is 0 Å². The normalized spacial score (nSPS) is 14.5. The Hall–Kier alpha value is -0.0831. The van der Waals surface area contributed by atoms with E-state index in [4.69, 9.17) is 0 Å². The van der Waals surface area contributed by atoms with Gasteiger partial charge in [0.05, 0.1) is 0 Å². The number of hydrogen-bond acceptors (Lipinski definition) is 1. The minimum absolute atomic E-state index is 0.457. The summed E-state index contributed by atoms with van der Waals surface area (Å²) in [7, 11) is 5.48. The van der Waals surface area contributed by atoms with E-state index in [0.717, 1.165) is 6.54 Å². The molecule has 2 heteroatoms. The molecule has 0 N–H and O–H groups in total. The molecule has 0 unspecified atom stereocenters. The van der Waals surface area contributed by atoms with Gasteiger partial charge in [-0.2, -0.15) is 0 Å². The minimum atomic E-state index is 0.457. The Balaban J connectivity index is 4.21. The van der Waals surface area contributed by atoms with Crippen molar-refractivity contribution in [2.75, 3.05) is 20.6 Å². The van der Waals surface area contributed by atoms with Crippen LogP contribution in [0.25, 0.3) is 0 Å². The summed E-state index contributed by atoms with van der Waals surface area (Å²) in [6.07, 6.45) is 2.26. The smallest absolute Gasteiger partial charge is 0.0188 e. The van der Waals surface area contributed by atoms with Crippen LogP contribution in [0.4, 0.5) is 0 Å². The summed E-state index contributed by atoms with van der Waals surface area (Å²) in [6.45, 7) is 7.88. The summed E-state index contributed by atoms with van der Waals surface area (Å²) < 4.78 is 0. The maximum atomic E-state index is 2.32. The average molecular weight is 171 g/mol. The van der Waals surface area contributed by atoms with Crippen LogP contribution >= 0.6 is 0 Å². The zero-order valence-electron chi connectivity index (χ0n) is 8.73. The van der Waals surface area contributed by atoms with Gasteiger partial charge in [0.2, 0.25) is 0 Å². The maximum absolute atomic E-state index is 2.32. The van der Waals surface area contributed by atoms with Gasteiger partial charge >= 0.3 is 0 Å². The van der Waals surface area contributed by atoms with Crippen molar-refractivity contribution in [3.05, 3.63) is 11.6 Å². The van der Waals surface area contributed by atoms with Crippen LogP contribution in [0.15, 0.2) is 11.6 Å². The van der Waals surface area contributed by atoms with E-state index in [1.165, 1.54) is 10.2 Å². The molecule has 66 valence electrons. The predicted molar refractivity (Wildman–Crippen MR) is 56.3 cm³/mol. The van der Waals surface area contributed by atoms with Gasteiger partial charge in [-0.25, -0.2) is 0 Å². The molecule has 0 aliphatic rings. The molecule has 0 bridgehead atoms. The second kappa shape index (κ2) is 4.07. The van der Waals surface area contributed by atoms with Gasteiger partial charge in [-0.05, 0) is 26.1 Å². The number of hydrogen-bond donors (Lipinski definition) is 0. The molecule has 0 aromatic heterocycles. The van der Waals surface area contributed by atoms with Crippen LogP contribution < -0.4 is 0 Å². The van der Waals surface area contributed by atoms with Gasteiger partial charge in [0.25, 0.3) is 0 Å². The van der Waals surface area contributed by atoms with E-state index in [0.29, 0.717) is 5.04 Å². The highest BCUT2D eigenvalue weighted by Gasteiger charge is 2.15. The van der Waals surface area contributed by atoms with Gasteiger partial charge in [0.1, 0.15) is 0 Å². The van der Waals surface area contributed by atoms with Crippen LogP contribution in [-0.4, -0.2) is 35.8 Å². The molecule has 0 fully saturated rings. The first kappa shape index (κ1) is 10.9. The summed E-state index contributed by atoms with van der Waals surface area (Å²) >= 11 is 0. The zero-order valence-corrected chi connectivity index (χ0v) is 10.7. The van der Waals surface area contributed by atoms with Crippen molar-refractivity contribution in [2.45, 2.75) is 25.8 Å². The molecule has 0 aliphatic carbocycles. The third kappa shape index (κ3) is 4.38. The lowest BCUT2D eigenvalue weighted by Gasteiger charge is -2.25. The van der Waals surface area contributed by atoms with Crippen molar-refractivity contribution in [1.82, 2.24) is 4.90 Å². The van der Waals surface area contributed by atoms with Crippen LogP contribution in [0.1, 0.15) is 20.8 Å². The number of allylic oxidation sites excluding steroid dienone is 1. The first-order valence-electron chi connectivity index (χ1n) is 4.18. The van der Waals surface area contributed by atoms with Crippen molar-refractivity contribution >= 4 is 10.2 Å². The summed E-state index contributed by atoms with van der Waals surface area (Å²) in [5, 5.41) is 0.457. The van der Waals surface area contributed by atoms with E-state index in [1.807, 2.05) is 0 Å². The van der Waals surface area contributed by atoms with Crippen molar-refractivity contribution in [1.29, 1.82) is 0 Å². The van der Waals surface area contributed by atoms with Crippen LogP contribution in [0.5, 0.6) is 0 Å². The summed E-state index contributed by atoms with van der Waals surface area (Å²) in [5.74, 6) is 0. The highest BCUT2D eigenvalue weighted by atomic mass is 28.1. The maximum Gasteiger partial charge on any atom is 0.0188 e. The lowest BCUT2D eigenvalue weighted by Crippen LogP contribution is -2.21. The molecule has 0 aromatic rings. The monoisotopic (exact) mass is 171 g/mol. The second-order valence-electron chi connectivity index (χ2n) is 4.30. The summed E-state index contributed by atoms with van der Waals surface area (Å²) in [4.78, 5) is 2.23.